The third-order valence-corrected chi connectivity index (χ3v) is 4.14. The number of ether oxygens (including phenoxy) is 1. The zero-order valence-electron chi connectivity index (χ0n) is 13.3. The molecule has 0 saturated heterocycles. The molecule has 4 rings (SSSR count). The van der Waals surface area contributed by atoms with E-state index in [1.54, 1.807) is 24.3 Å². The van der Waals surface area contributed by atoms with Crippen LogP contribution in [0.4, 0.5) is 10.5 Å². The van der Waals surface area contributed by atoms with Crippen LogP contribution in [0.5, 0.6) is 5.75 Å². The lowest BCUT2D eigenvalue weighted by molar-refractivity contribution is 0.232. The first kappa shape index (κ1) is 15.3. The van der Waals surface area contributed by atoms with E-state index in [0.29, 0.717) is 24.3 Å². The van der Waals surface area contributed by atoms with Gasteiger partial charge in [-0.2, -0.15) is 0 Å². The number of para-hydroxylation sites is 1. The fourth-order valence-corrected chi connectivity index (χ4v) is 2.97. The Morgan fingerprint density at radius 2 is 1.96 bits per heavy atom. The average molecular weight is 336 g/mol. The van der Waals surface area contributed by atoms with E-state index in [-0.39, 0.29) is 12.1 Å². The molecule has 1 aliphatic heterocycles. The number of hydrogen-bond donors (Lipinski definition) is 2. The second-order valence-electron chi connectivity index (χ2n) is 5.83. The van der Waals surface area contributed by atoms with Crippen molar-refractivity contribution in [1.29, 1.82) is 0 Å². The topological polar surface area (TPSA) is 80.6 Å². The lowest BCUT2D eigenvalue weighted by Gasteiger charge is -2.26. The second-order valence-corrected chi connectivity index (χ2v) is 5.83. The van der Waals surface area contributed by atoms with Crippen LogP contribution in [0.15, 0.2) is 63.8 Å². The lowest BCUT2D eigenvalue weighted by Crippen LogP contribution is -2.35. The second kappa shape index (κ2) is 6.32. The van der Waals surface area contributed by atoms with E-state index in [2.05, 4.69) is 10.6 Å². The number of rotatable bonds is 2. The standard InChI is InChI=1S/C19H16N2O4/c22-18-8-5-12-11-13(6-7-16(12)25-18)20-19(23)21-15-9-10-24-17-4-2-1-3-14(15)17/h1-8,11,15H,9-10H2,(H2,20,21,23)/t15-/m1/s1. The first-order chi connectivity index (χ1) is 12.2. The molecule has 3 aromatic rings. The number of anilines is 1. The summed E-state index contributed by atoms with van der Waals surface area (Å²) in [6, 6.07) is 15.4. The molecule has 0 unspecified atom stereocenters. The van der Waals surface area contributed by atoms with Gasteiger partial charge in [-0.05, 0) is 30.3 Å². The highest BCUT2D eigenvalue weighted by Gasteiger charge is 2.22. The van der Waals surface area contributed by atoms with E-state index >= 15 is 0 Å². The molecule has 0 aliphatic carbocycles. The summed E-state index contributed by atoms with van der Waals surface area (Å²) in [6.45, 7) is 0.566. The maximum atomic E-state index is 12.3. The van der Waals surface area contributed by atoms with Crippen molar-refractivity contribution in [1.82, 2.24) is 5.32 Å². The van der Waals surface area contributed by atoms with Gasteiger partial charge in [-0.15, -0.1) is 0 Å². The average Bonchev–Trinajstić information content (AvgIpc) is 2.62. The number of benzene rings is 2. The molecule has 0 bridgehead atoms. The largest absolute Gasteiger partial charge is 0.493 e. The molecule has 2 N–H and O–H groups in total. The van der Waals surface area contributed by atoms with E-state index in [1.807, 2.05) is 24.3 Å². The van der Waals surface area contributed by atoms with Crippen LogP contribution in [0.2, 0.25) is 0 Å². The Morgan fingerprint density at radius 1 is 1.08 bits per heavy atom. The van der Waals surface area contributed by atoms with E-state index in [9.17, 15) is 9.59 Å². The number of urea groups is 1. The summed E-state index contributed by atoms with van der Waals surface area (Å²) in [5.74, 6) is 0.805. The maximum Gasteiger partial charge on any atom is 0.336 e. The van der Waals surface area contributed by atoms with Crippen molar-refractivity contribution in [2.24, 2.45) is 0 Å². The van der Waals surface area contributed by atoms with Gasteiger partial charge in [0.15, 0.2) is 0 Å². The van der Waals surface area contributed by atoms with Gasteiger partial charge in [0.2, 0.25) is 0 Å². The highest BCUT2D eigenvalue weighted by Crippen LogP contribution is 2.31. The van der Waals surface area contributed by atoms with Crippen LogP contribution >= 0.6 is 0 Å². The molecule has 2 amide bonds. The zero-order chi connectivity index (χ0) is 17.2. The van der Waals surface area contributed by atoms with E-state index < -0.39 is 5.63 Å². The van der Waals surface area contributed by atoms with Crippen molar-refractivity contribution < 1.29 is 13.9 Å². The van der Waals surface area contributed by atoms with E-state index in [4.69, 9.17) is 9.15 Å². The van der Waals surface area contributed by atoms with Crippen LogP contribution in [0.1, 0.15) is 18.0 Å². The zero-order valence-corrected chi connectivity index (χ0v) is 13.3. The summed E-state index contributed by atoms with van der Waals surface area (Å²) in [5, 5.41) is 6.54. The molecule has 0 saturated carbocycles. The van der Waals surface area contributed by atoms with Gasteiger partial charge in [-0.1, -0.05) is 18.2 Å². The third-order valence-electron chi connectivity index (χ3n) is 4.14. The summed E-state index contributed by atoms with van der Waals surface area (Å²) in [5.41, 5.74) is 1.68. The van der Waals surface area contributed by atoms with Crippen molar-refractivity contribution in [3.8, 4) is 5.75 Å². The fraction of sp³-hybridized carbons (Fsp3) is 0.158. The summed E-state index contributed by atoms with van der Waals surface area (Å²) in [7, 11) is 0. The normalized spacial score (nSPS) is 15.9. The molecular formula is C19H16N2O4. The molecule has 1 atom stereocenters. The summed E-state index contributed by atoms with van der Waals surface area (Å²) in [4.78, 5) is 23.6. The molecule has 6 nitrogen and oxygen atoms in total. The molecule has 2 aromatic carbocycles. The van der Waals surface area contributed by atoms with Crippen LogP contribution in [-0.2, 0) is 0 Å². The van der Waals surface area contributed by atoms with Gasteiger partial charge in [0.1, 0.15) is 11.3 Å². The van der Waals surface area contributed by atoms with Gasteiger partial charge < -0.3 is 19.8 Å². The Hall–Kier alpha value is -3.28. The lowest BCUT2D eigenvalue weighted by atomic mass is 10.0. The minimum absolute atomic E-state index is 0.0940. The maximum absolute atomic E-state index is 12.3. The van der Waals surface area contributed by atoms with Gasteiger partial charge in [-0.25, -0.2) is 9.59 Å². The number of carbonyl (C=O) groups is 1. The van der Waals surface area contributed by atoms with Crippen molar-refractivity contribution >= 4 is 22.7 Å². The Morgan fingerprint density at radius 3 is 2.88 bits per heavy atom. The van der Waals surface area contributed by atoms with E-state index in [1.165, 1.54) is 6.07 Å². The molecule has 0 spiro atoms. The molecule has 0 fully saturated rings. The van der Waals surface area contributed by atoms with Gasteiger partial charge in [0, 0.05) is 29.1 Å². The first-order valence-electron chi connectivity index (χ1n) is 8.02. The van der Waals surface area contributed by atoms with Crippen LogP contribution in [0.25, 0.3) is 11.0 Å². The highest BCUT2D eigenvalue weighted by atomic mass is 16.5. The molecule has 1 aliphatic rings. The third kappa shape index (κ3) is 3.19. The van der Waals surface area contributed by atoms with Crippen molar-refractivity contribution in [3.63, 3.8) is 0 Å². The monoisotopic (exact) mass is 336 g/mol. The molecule has 2 heterocycles. The number of amides is 2. The number of carbonyl (C=O) groups excluding carboxylic acids is 1. The predicted molar refractivity (Wildman–Crippen MR) is 93.9 cm³/mol. The number of fused-ring (bicyclic) bond motifs is 2. The van der Waals surface area contributed by atoms with Gasteiger partial charge >= 0.3 is 11.7 Å². The number of nitrogens with one attached hydrogen (secondary N) is 2. The van der Waals surface area contributed by atoms with Gasteiger partial charge in [-0.3, -0.25) is 0 Å². The summed E-state index contributed by atoms with van der Waals surface area (Å²) >= 11 is 0. The first-order valence-corrected chi connectivity index (χ1v) is 8.02. The minimum Gasteiger partial charge on any atom is -0.493 e. The highest BCUT2D eigenvalue weighted by molar-refractivity contribution is 5.92. The molecule has 25 heavy (non-hydrogen) atoms. The summed E-state index contributed by atoms with van der Waals surface area (Å²) < 4.78 is 10.7. The fourth-order valence-electron chi connectivity index (χ4n) is 2.97. The van der Waals surface area contributed by atoms with Crippen LogP contribution in [0.3, 0.4) is 0 Å². The Balaban J connectivity index is 1.49. The SMILES string of the molecule is O=C(Nc1ccc2oc(=O)ccc2c1)N[C@@H]1CCOc2ccccc21. The van der Waals surface area contributed by atoms with Gasteiger partial charge in [0.05, 0.1) is 12.6 Å². The summed E-state index contributed by atoms with van der Waals surface area (Å²) in [6.07, 6.45) is 0.716. The molecule has 1 aromatic heterocycles. The van der Waals surface area contributed by atoms with Crippen LogP contribution in [-0.4, -0.2) is 12.6 Å². The van der Waals surface area contributed by atoms with Crippen molar-refractivity contribution in [2.45, 2.75) is 12.5 Å². The smallest absolute Gasteiger partial charge is 0.336 e. The van der Waals surface area contributed by atoms with Crippen molar-refractivity contribution in [2.75, 3.05) is 11.9 Å². The Bertz CT molecular complexity index is 996. The Labute approximate surface area is 143 Å². The Kier molecular flexibility index (Phi) is 3.85. The van der Waals surface area contributed by atoms with E-state index in [0.717, 1.165) is 16.7 Å². The molecule has 0 radical (unpaired) electrons. The predicted octanol–water partition coefficient (Wildman–Crippen LogP) is 3.44. The van der Waals surface area contributed by atoms with Crippen LogP contribution in [0, 0.1) is 0 Å². The van der Waals surface area contributed by atoms with Gasteiger partial charge in [0.25, 0.3) is 0 Å². The van der Waals surface area contributed by atoms with Crippen LogP contribution < -0.4 is 21.0 Å². The minimum atomic E-state index is -0.399. The quantitative estimate of drug-likeness (QED) is 0.703. The number of hydrogen-bond acceptors (Lipinski definition) is 4. The van der Waals surface area contributed by atoms with Crippen molar-refractivity contribution in [3.05, 3.63) is 70.6 Å². The molecule has 6 heteroatoms. The molecular weight excluding hydrogens is 320 g/mol. The molecule has 126 valence electrons.